The Morgan fingerprint density at radius 3 is 2.46 bits per heavy atom. The van der Waals surface area contributed by atoms with E-state index >= 15 is 0 Å². The van der Waals surface area contributed by atoms with Crippen LogP contribution < -0.4 is 5.32 Å². The zero-order valence-electron chi connectivity index (χ0n) is 6.96. The van der Waals surface area contributed by atoms with Crippen molar-refractivity contribution in [2.45, 2.75) is 6.92 Å². The Morgan fingerprint density at radius 1 is 1.54 bits per heavy atom. The van der Waals surface area contributed by atoms with Crippen LogP contribution in [0.3, 0.4) is 0 Å². The van der Waals surface area contributed by atoms with Gasteiger partial charge < -0.3 is 15.2 Å². The van der Waals surface area contributed by atoms with Gasteiger partial charge in [-0.05, 0) is 6.92 Å². The van der Waals surface area contributed by atoms with Crippen LogP contribution >= 0.6 is 0 Å². The molecule has 0 fully saturated rings. The molecule has 0 radical (unpaired) electrons. The molecule has 0 unspecified atom stereocenters. The molecule has 0 aliphatic carbocycles. The summed E-state index contributed by atoms with van der Waals surface area (Å²) in [5.74, 6) is -1.49. The van der Waals surface area contributed by atoms with Gasteiger partial charge in [0.05, 0.1) is 7.11 Å². The normalized spacial score (nSPS) is 9.85. The Bertz CT molecular complexity index is 215. The Hall–Kier alpha value is 0.116. The van der Waals surface area contributed by atoms with Gasteiger partial charge in [-0.3, -0.25) is 4.79 Å². The average Bonchev–Trinajstić information content (AvgIpc) is 2.00. The monoisotopic (exact) mass is 213 g/mol. The van der Waals surface area contributed by atoms with E-state index in [9.17, 15) is 9.59 Å². The number of carboxylic acid groups (broad SMARTS) is 1. The number of carboxylic acids is 1. The van der Waals surface area contributed by atoms with Crippen molar-refractivity contribution in [3.8, 4) is 0 Å². The van der Waals surface area contributed by atoms with Gasteiger partial charge in [0.15, 0.2) is 0 Å². The van der Waals surface area contributed by atoms with Gasteiger partial charge in [0.1, 0.15) is 6.54 Å². The summed E-state index contributed by atoms with van der Waals surface area (Å²) in [6, 6.07) is 0. The van der Waals surface area contributed by atoms with Gasteiger partial charge >= 0.3 is 63.3 Å². The quantitative estimate of drug-likeness (QED) is 0.359. The molecule has 5 nitrogen and oxygen atoms in total. The van der Waals surface area contributed by atoms with Crippen molar-refractivity contribution in [2.24, 2.45) is 0 Å². The van der Waals surface area contributed by atoms with Crippen LogP contribution in [0.1, 0.15) is 6.92 Å². The fourth-order valence-corrected chi connectivity index (χ4v) is 0.502. The minimum absolute atomic E-state index is 0. The molecule has 0 aliphatic heterocycles. The van der Waals surface area contributed by atoms with Crippen LogP contribution in [0.25, 0.3) is 0 Å². The molecule has 0 aromatic rings. The number of methoxy groups -OCH3 is 1. The Labute approximate surface area is 119 Å². The predicted molar refractivity (Wildman–Crippen MR) is 48.6 cm³/mol. The summed E-state index contributed by atoms with van der Waals surface area (Å²) in [5, 5.41) is 10.8. The summed E-state index contributed by atoms with van der Waals surface area (Å²) in [4.78, 5) is 20.6. The third-order valence-electron chi connectivity index (χ3n) is 1.05. The number of nitrogens with one attached hydrogen (secondary N) is 1. The van der Waals surface area contributed by atoms with Crippen LogP contribution in [-0.2, 0) is 14.3 Å². The van der Waals surface area contributed by atoms with Gasteiger partial charge in [-0.15, -0.1) is 0 Å². The molecule has 2 N–H and O–H groups in total. The second kappa shape index (κ2) is 8.70. The second-order valence-electron chi connectivity index (χ2n) is 2.10. The number of carbonyl (C=O) groups is 2. The van der Waals surface area contributed by atoms with Gasteiger partial charge in [0, 0.05) is 11.8 Å². The first-order chi connectivity index (χ1) is 5.56. The number of esters is 1. The first-order valence-corrected chi connectivity index (χ1v) is 3.28. The van der Waals surface area contributed by atoms with Crippen molar-refractivity contribution in [1.29, 1.82) is 0 Å². The number of allylic oxidation sites excluding steroid dienone is 1. The van der Waals surface area contributed by atoms with E-state index in [1.807, 2.05) is 0 Å². The predicted octanol–water partition coefficient (Wildman–Crippen LogP) is -0.911. The molecule has 0 aromatic heterocycles. The molecule has 0 spiro atoms. The van der Waals surface area contributed by atoms with Gasteiger partial charge in [0.25, 0.3) is 0 Å². The van der Waals surface area contributed by atoms with Crippen molar-refractivity contribution in [3.05, 3.63) is 11.8 Å². The molecule has 0 aromatic carbocycles. The van der Waals surface area contributed by atoms with Gasteiger partial charge in [-0.25, -0.2) is 4.79 Å². The van der Waals surface area contributed by atoms with Crippen LogP contribution in [0.5, 0.6) is 0 Å². The van der Waals surface area contributed by atoms with Crippen LogP contribution in [0, 0.1) is 0 Å². The topological polar surface area (TPSA) is 75.6 Å². The van der Waals surface area contributed by atoms with Crippen LogP contribution in [-0.4, -0.2) is 82.1 Å². The zero-order chi connectivity index (χ0) is 9.56. The summed E-state index contributed by atoms with van der Waals surface area (Å²) >= 11 is 0. The number of ether oxygens (including phenoxy) is 1. The van der Waals surface area contributed by atoms with Crippen molar-refractivity contribution in [1.82, 2.24) is 5.32 Å². The van der Waals surface area contributed by atoms with Gasteiger partial charge in [-0.2, -0.15) is 0 Å². The maximum absolute atomic E-state index is 10.6. The Balaban J connectivity index is 0. The van der Waals surface area contributed by atoms with E-state index in [0.717, 1.165) is 0 Å². The third-order valence-corrected chi connectivity index (χ3v) is 1.05. The SMILES string of the molecule is COC(=O)C=C(C)NCC(=O)O.[KH]. The van der Waals surface area contributed by atoms with E-state index in [2.05, 4.69) is 10.1 Å². The van der Waals surface area contributed by atoms with E-state index in [-0.39, 0.29) is 57.9 Å². The summed E-state index contributed by atoms with van der Waals surface area (Å²) < 4.78 is 4.32. The van der Waals surface area contributed by atoms with E-state index in [1.54, 1.807) is 6.92 Å². The van der Waals surface area contributed by atoms with Crippen molar-refractivity contribution in [2.75, 3.05) is 13.7 Å². The summed E-state index contributed by atoms with van der Waals surface area (Å²) in [6.07, 6.45) is 1.18. The zero-order valence-corrected chi connectivity index (χ0v) is 6.96. The average molecular weight is 213 g/mol. The number of carbonyl (C=O) groups excluding carboxylic acids is 1. The fourth-order valence-electron chi connectivity index (χ4n) is 0.502. The third kappa shape index (κ3) is 10.0. The minimum atomic E-state index is -0.979. The Kier molecular flexibility index (Phi) is 10.4. The molecule has 0 atom stereocenters. The molecule has 0 bridgehead atoms. The van der Waals surface area contributed by atoms with Crippen molar-refractivity contribution < 1.29 is 19.4 Å². The number of aliphatic carboxylic acids is 1. The number of rotatable bonds is 4. The molecule has 0 heterocycles. The first kappa shape index (κ1) is 15.6. The van der Waals surface area contributed by atoms with E-state index in [1.165, 1.54) is 13.2 Å². The molecule has 0 saturated heterocycles. The Morgan fingerprint density at radius 2 is 2.08 bits per heavy atom. The second-order valence-corrected chi connectivity index (χ2v) is 2.10. The number of hydrogen-bond donors (Lipinski definition) is 2. The van der Waals surface area contributed by atoms with E-state index in [4.69, 9.17) is 5.11 Å². The molecular weight excluding hydrogens is 201 g/mol. The number of hydrogen-bond acceptors (Lipinski definition) is 4. The molecule has 6 heteroatoms. The standard InChI is InChI=1S/C7H11NO4.K.H/c1-5(3-7(11)12-2)8-4-6(9)10;;/h3,8H,4H2,1-2H3,(H,9,10);;. The van der Waals surface area contributed by atoms with Gasteiger partial charge in [0.2, 0.25) is 0 Å². The van der Waals surface area contributed by atoms with Crippen LogP contribution in [0.2, 0.25) is 0 Å². The van der Waals surface area contributed by atoms with Crippen LogP contribution in [0.4, 0.5) is 0 Å². The fraction of sp³-hybridized carbons (Fsp3) is 0.429. The van der Waals surface area contributed by atoms with Crippen molar-refractivity contribution in [3.63, 3.8) is 0 Å². The molecule has 0 rings (SSSR count). The molecule has 0 amide bonds. The van der Waals surface area contributed by atoms with E-state index < -0.39 is 11.9 Å². The van der Waals surface area contributed by atoms with E-state index in [0.29, 0.717) is 5.70 Å². The molecular formula is C7H12KNO4. The van der Waals surface area contributed by atoms with Gasteiger partial charge in [-0.1, -0.05) is 0 Å². The summed E-state index contributed by atoms with van der Waals surface area (Å²) in [6.45, 7) is 1.37. The molecule has 0 aliphatic rings. The maximum atomic E-state index is 10.6. The first-order valence-electron chi connectivity index (χ1n) is 3.28. The summed E-state index contributed by atoms with van der Waals surface area (Å²) in [5.41, 5.74) is 0.462. The molecule has 70 valence electrons. The molecule has 13 heavy (non-hydrogen) atoms. The van der Waals surface area contributed by atoms with Crippen molar-refractivity contribution >= 4 is 63.3 Å². The molecule has 0 saturated carbocycles. The van der Waals surface area contributed by atoms with Crippen LogP contribution in [0.15, 0.2) is 11.8 Å². The summed E-state index contributed by atoms with van der Waals surface area (Å²) in [7, 11) is 1.25.